The number of carboxylic acids is 1. The monoisotopic (exact) mass is 1860 g/mol. The van der Waals surface area contributed by atoms with E-state index in [9.17, 15) is 86.3 Å². The number of ketones is 1. The second-order valence-corrected chi connectivity index (χ2v) is 41.1. The third kappa shape index (κ3) is 31.6. The maximum Gasteiger partial charge on any atom is 0.410 e. The first-order valence-electron chi connectivity index (χ1n) is 43.8. The van der Waals surface area contributed by atoms with Gasteiger partial charge in [-0.2, -0.15) is 0 Å². The molecule has 0 saturated carbocycles. The summed E-state index contributed by atoms with van der Waals surface area (Å²) in [6, 6.07) is -0.493. The molecule has 0 spiro atoms. The van der Waals surface area contributed by atoms with Gasteiger partial charge >= 0.3 is 48.1 Å². The minimum Gasteiger partial charge on any atom is -0.480 e. The second-order valence-electron chi connectivity index (χ2n) is 41.1. The predicted molar refractivity (Wildman–Crippen MR) is 483 cm³/mol. The van der Waals surface area contributed by atoms with E-state index in [-0.39, 0.29) is 86.3 Å². The number of nitrogens with one attached hydrogen (secondary N) is 5. The molecule has 40 nitrogen and oxygen atoms in total. The quantitative estimate of drug-likeness (QED) is 0.0443. The molecule has 15 atom stereocenters. The van der Waals surface area contributed by atoms with E-state index in [1.807, 2.05) is 41.5 Å². The number of benzene rings is 2. The number of amides is 12. The molecule has 132 heavy (non-hydrogen) atoms. The van der Waals surface area contributed by atoms with Gasteiger partial charge in [0.1, 0.15) is 59.1 Å². The molecule has 4 saturated heterocycles. The minimum absolute atomic E-state index is 0.00190. The summed E-state index contributed by atoms with van der Waals surface area (Å²) < 4.78 is 35.7. The zero-order valence-corrected chi connectivity index (χ0v) is 82.6. The summed E-state index contributed by atoms with van der Waals surface area (Å²) in [6.07, 6.45) is -1.96. The van der Waals surface area contributed by atoms with Gasteiger partial charge in [-0.3, -0.25) is 57.7 Å². The van der Waals surface area contributed by atoms with Gasteiger partial charge in [-0.05, 0) is 153 Å². The lowest BCUT2D eigenvalue weighted by molar-refractivity contribution is -0.154. The molecule has 2 aromatic rings. The fourth-order valence-corrected chi connectivity index (χ4v) is 14.3. The van der Waals surface area contributed by atoms with Crippen molar-refractivity contribution in [1.29, 1.82) is 0 Å². The van der Waals surface area contributed by atoms with Crippen LogP contribution in [0.15, 0.2) is 48.5 Å². The number of carbonyl (C=O) groups excluding carboxylic acids is 17. The van der Waals surface area contributed by atoms with E-state index in [4.69, 9.17) is 49.7 Å². The Kier molecular flexibility index (Phi) is 39.0. The van der Waals surface area contributed by atoms with Crippen LogP contribution in [0.3, 0.4) is 0 Å². The fourth-order valence-electron chi connectivity index (χ4n) is 14.3. The van der Waals surface area contributed by atoms with E-state index >= 15 is 0 Å². The van der Waals surface area contributed by atoms with Gasteiger partial charge in [-0.1, -0.05) is 83.1 Å². The minimum atomic E-state index is -1.16. The SMILES string of the molecule is COC(=O)[C@@H]1C[C@H](NC(=O)c2ccc(C(=O)N[C@H]3C[C@@H](C(=O)OC)N(C(=O)[C@@H](N)C(C)(C)C)C3)cc2)CN1C(=O)[C@@H](N)C(C)(C)C.COC(=O)[C@@H]1C[C@H](NC(=O)c2ccc(C(=O)N[C@H]3C[C@@H](C(=O)OC)N(C(=O)[C@@H](NC(=O)[C@H](C)N(C)C(=O)OC(C)(C)C)C(C)(C)C)C3)cc2)CN1C(=O)[C@@H](CC(=O)[C@H](C)N(C)C(=O)OC(C)(C)C)C(C)(C)C.C[C@@H](C(=O)O)N(C)C(=O)OC(C)(C)C. The Morgan fingerprint density at radius 2 is 0.614 bits per heavy atom. The summed E-state index contributed by atoms with van der Waals surface area (Å²) in [7, 11) is 9.09. The molecule has 4 heterocycles. The highest BCUT2D eigenvalue weighted by molar-refractivity contribution is 6.01. The zero-order chi connectivity index (χ0) is 101. The van der Waals surface area contributed by atoms with E-state index in [1.165, 1.54) is 136 Å². The molecule has 12 amide bonds. The molecule has 4 aliphatic heterocycles. The lowest BCUT2D eigenvalue weighted by Gasteiger charge is -2.36. The van der Waals surface area contributed by atoms with Crippen LogP contribution in [0.5, 0.6) is 0 Å². The number of ether oxygens (including phenoxy) is 7. The molecule has 738 valence electrons. The average Bonchev–Trinajstić information content (AvgIpc) is 1.55. The van der Waals surface area contributed by atoms with E-state index in [0.29, 0.717) is 0 Å². The van der Waals surface area contributed by atoms with Crippen LogP contribution in [-0.4, -0.2) is 324 Å². The highest BCUT2D eigenvalue weighted by atomic mass is 16.6. The van der Waals surface area contributed by atoms with Crippen molar-refractivity contribution < 1.29 is 125 Å². The van der Waals surface area contributed by atoms with Crippen LogP contribution < -0.4 is 38.1 Å². The fraction of sp³-hybridized carbons (Fsp3) is 0.674. The Balaban J connectivity index is 0.000000513. The Bertz CT molecular complexity index is 4260. The number of esters is 4. The number of carbonyl (C=O) groups is 18. The van der Waals surface area contributed by atoms with Gasteiger partial charge in [-0.25, -0.2) is 38.4 Å². The standard InChI is InChI=1S/C51H79N7O14.C32H48N6O8.C9H17NO4/c1-28(55(15)46(67)71-50(9,10)11)37(59)25-34(48(3,4)5)42(63)57-26-32(23-35(57)44(65)69-17)52-40(61)30-19-21-31(22-20-30)41(62)53-33-24-36(45(66)70-18)58(27-33)43(64)38(49(6,7)8)54-39(60)29(2)56(16)47(68)72-51(12,13)14;1-31(2,3)23(33)27(41)37-15-19(13-21(37)29(43)45-7)35-25(39)17-9-11-18(12-10-17)26(40)36-20-14-22(30(44)46-8)38(16-20)28(42)24(34)32(4,5)6;1-6(7(11)12)10(5)8(13)14-9(2,3)4/h19-22,28-29,32-36,38H,23-27H2,1-18H3,(H,52,61)(H,53,62)(H,54,60);9-12,19-24H,13-16,33-34H2,1-8H3,(H,35,39)(H,36,40);6H,1-5H3,(H,11,12)/t28-,29-,32-,33-,34+,35-,36-,38+;19-,20-,21-,22-,23+,24+;6-/m000/s1. The maximum absolute atomic E-state index is 14.4. The lowest BCUT2D eigenvalue weighted by Crippen LogP contribution is -2.59. The van der Waals surface area contributed by atoms with Crippen molar-refractivity contribution in [3.8, 4) is 0 Å². The number of likely N-dealkylation sites (tertiary alicyclic amines) is 4. The molecule has 2 aromatic carbocycles. The topological polar surface area (TPSA) is 527 Å². The highest BCUT2D eigenvalue weighted by Gasteiger charge is 2.51. The van der Waals surface area contributed by atoms with Crippen LogP contribution in [-0.2, 0) is 85.9 Å². The van der Waals surface area contributed by atoms with E-state index in [1.54, 1.807) is 111 Å². The molecule has 10 N–H and O–H groups in total. The molecular weight excluding hydrogens is 1720 g/mol. The number of rotatable bonds is 25. The van der Waals surface area contributed by atoms with Gasteiger partial charge in [0, 0.05) is 132 Å². The summed E-state index contributed by atoms with van der Waals surface area (Å²) in [6.45, 7) is 41.4. The number of nitrogens with two attached hydrogens (primary N) is 2. The molecule has 6 rings (SSSR count). The number of hydrogen-bond acceptors (Lipinski definition) is 27. The van der Waals surface area contributed by atoms with E-state index in [0.717, 1.165) is 9.80 Å². The van der Waals surface area contributed by atoms with Crippen LogP contribution in [0, 0.1) is 27.6 Å². The summed E-state index contributed by atoms with van der Waals surface area (Å²) in [5.74, 6) is -9.50. The zero-order valence-electron chi connectivity index (χ0n) is 82.6. The van der Waals surface area contributed by atoms with Crippen LogP contribution >= 0.6 is 0 Å². The smallest absolute Gasteiger partial charge is 0.410 e. The average molecular weight is 1860 g/mol. The maximum atomic E-state index is 14.4. The molecular formula is C92H144N14O26. The second kappa shape index (κ2) is 45.7. The summed E-state index contributed by atoms with van der Waals surface area (Å²) in [5.41, 5.74) is 8.29. The van der Waals surface area contributed by atoms with Gasteiger partial charge in [-0.15, -0.1) is 0 Å². The van der Waals surface area contributed by atoms with Gasteiger partial charge in [0.2, 0.25) is 29.5 Å². The van der Waals surface area contributed by atoms with Crippen LogP contribution in [0.1, 0.15) is 240 Å². The van der Waals surface area contributed by atoms with E-state index in [2.05, 4.69) is 26.6 Å². The number of Topliss-reactive ketones (excluding diaryl/α,β-unsaturated/α-hetero) is 1. The van der Waals surface area contributed by atoms with Crippen molar-refractivity contribution in [1.82, 2.24) is 60.9 Å². The van der Waals surface area contributed by atoms with Gasteiger partial charge in [0.25, 0.3) is 23.6 Å². The molecule has 0 unspecified atom stereocenters. The first-order chi connectivity index (χ1) is 60.4. The Labute approximate surface area is 774 Å². The molecule has 0 bridgehead atoms. The summed E-state index contributed by atoms with van der Waals surface area (Å²) >= 11 is 0. The highest BCUT2D eigenvalue weighted by Crippen LogP contribution is 2.36. The number of hydrogen-bond donors (Lipinski definition) is 8. The summed E-state index contributed by atoms with van der Waals surface area (Å²) in [4.78, 5) is 243. The van der Waals surface area contributed by atoms with Crippen LogP contribution in [0.4, 0.5) is 14.4 Å². The molecule has 0 radical (unpaired) electrons. The largest absolute Gasteiger partial charge is 0.480 e. The molecule has 4 fully saturated rings. The van der Waals surface area contributed by atoms with Gasteiger partial charge < -0.3 is 101 Å². The van der Waals surface area contributed by atoms with Crippen molar-refractivity contribution in [2.45, 2.75) is 300 Å². The Hall–Kier alpha value is -11.6. The van der Waals surface area contributed by atoms with Crippen molar-refractivity contribution in [3.05, 3.63) is 70.8 Å². The molecule has 40 heteroatoms. The summed E-state index contributed by atoms with van der Waals surface area (Å²) in [5, 5.41) is 22.9. The van der Waals surface area contributed by atoms with E-state index < -0.39 is 230 Å². The van der Waals surface area contributed by atoms with Crippen molar-refractivity contribution in [3.63, 3.8) is 0 Å². The third-order valence-electron chi connectivity index (χ3n) is 22.9. The number of carboxylic acid groups (broad SMARTS) is 1. The Morgan fingerprint density at radius 1 is 0.371 bits per heavy atom. The molecule has 4 aliphatic rings. The van der Waals surface area contributed by atoms with Crippen molar-refractivity contribution >= 4 is 107 Å². The molecule has 0 aromatic heterocycles. The van der Waals surface area contributed by atoms with Crippen molar-refractivity contribution in [2.75, 3.05) is 75.8 Å². The first kappa shape index (κ1) is 113. The van der Waals surface area contributed by atoms with Gasteiger partial charge in [0.05, 0.1) is 46.6 Å². The Morgan fingerprint density at radius 3 is 0.841 bits per heavy atom. The van der Waals surface area contributed by atoms with Crippen LogP contribution in [0.2, 0.25) is 0 Å². The number of nitrogens with zero attached hydrogens (tertiary/aromatic N) is 7. The normalized spacial score (nSPS) is 20.2. The number of methoxy groups -OCH3 is 4. The predicted octanol–water partition coefficient (Wildman–Crippen LogP) is 5.60. The molecule has 0 aliphatic carbocycles. The number of likely N-dealkylation sites (N-methyl/N-ethyl adjacent to an activating group) is 3. The first-order valence-corrected chi connectivity index (χ1v) is 43.8. The van der Waals surface area contributed by atoms with Crippen LogP contribution in [0.25, 0.3) is 0 Å². The van der Waals surface area contributed by atoms with Gasteiger partial charge in [0.15, 0.2) is 5.78 Å². The number of aliphatic carboxylic acids is 1. The van der Waals surface area contributed by atoms with Crippen molar-refractivity contribution in [2.24, 2.45) is 39.0 Å². The lowest BCUT2D eigenvalue weighted by atomic mass is 9.76. The third-order valence-corrected chi connectivity index (χ3v) is 22.9.